The van der Waals surface area contributed by atoms with Crippen LogP contribution in [0.1, 0.15) is 39.9 Å². The first-order valence-electron chi connectivity index (χ1n) is 9.13. The quantitative estimate of drug-likeness (QED) is 0.496. The molecule has 7 nitrogen and oxygen atoms in total. The van der Waals surface area contributed by atoms with Crippen molar-refractivity contribution in [3.63, 3.8) is 0 Å². The summed E-state index contributed by atoms with van der Waals surface area (Å²) in [6.07, 6.45) is 0.417. The van der Waals surface area contributed by atoms with Crippen molar-refractivity contribution in [3.05, 3.63) is 64.7 Å². The van der Waals surface area contributed by atoms with Crippen molar-refractivity contribution in [2.45, 2.75) is 38.2 Å². The zero-order valence-electron chi connectivity index (χ0n) is 16.7. The second-order valence-electron chi connectivity index (χ2n) is 6.60. The largest absolute Gasteiger partial charge is 0.465 e. The molecule has 0 aromatic heterocycles. The minimum absolute atomic E-state index is 0.0780. The number of methoxy groups -OCH3 is 1. The highest BCUT2D eigenvalue weighted by Crippen LogP contribution is 2.14. The third-order valence-electron chi connectivity index (χ3n) is 4.41. The van der Waals surface area contributed by atoms with Crippen molar-refractivity contribution >= 4 is 22.0 Å². The van der Waals surface area contributed by atoms with E-state index in [1.54, 1.807) is 42.5 Å². The van der Waals surface area contributed by atoms with Crippen molar-refractivity contribution in [3.8, 4) is 0 Å². The first-order valence-corrected chi connectivity index (χ1v) is 10.6. The number of carbonyl (C=O) groups is 2. The molecule has 0 fully saturated rings. The summed E-state index contributed by atoms with van der Waals surface area (Å²) < 4.78 is 36.9. The molecule has 0 radical (unpaired) electrons. The highest BCUT2D eigenvalue weighted by molar-refractivity contribution is 7.89. The van der Waals surface area contributed by atoms with E-state index in [0.717, 1.165) is 16.7 Å². The van der Waals surface area contributed by atoms with Crippen LogP contribution >= 0.6 is 0 Å². The minimum atomic E-state index is -3.61. The third kappa shape index (κ3) is 6.69. The molecule has 0 spiro atoms. The summed E-state index contributed by atoms with van der Waals surface area (Å²) >= 11 is 0. The Hall–Kier alpha value is -2.71. The average molecular weight is 419 g/mol. The Morgan fingerprint density at radius 2 is 1.69 bits per heavy atom. The maximum absolute atomic E-state index is 12.3. The molecule has 0 saturated carbocycles. The van der Waals surface area contributed by atoms with Crippen molar-refractivity contribution in [1.29, 1.82) is 0 Å². The van der Waals surface area contributed by atoms with Gasteiger partial charge in [-0.15, -0.1) is 0 Å². The van der Waals surface area contributed by atoms with Crippen molar-refractivity contribution in [1.82, 2.24) is 4.72 Å². The Bertz CT molecular complexity index is 967. The number of sulfonamides is 1. The van der Waals surface area contributed by atoms with Crippen molar-refractivity contribution in [2.75, 3.05) is 13.7 Å². The van der Waals surface area contributed by atoms with Gasteiger partial charge >= 0.3 is 11.9 Å². The van der Waals surface area contributed by atoms with E-state index in [4.69, 9.17) is 4.74 Å². The monoisotopic (exact) mass is 419 g/mol. The predicted molar refractivity (Wildman–Crippen MR) is 108 cm³/mol. The smallest absolute Gasteiger partial charge is 0.337 e. The Balaban J connectivity index is 1.74. The maximum Gasteiger partial charge on any atom is 0.337 e. The van der Waals surface area contributed by atoms with Gasteiger partial charge in [0.25, 0.3) is 0 Å². The predicted octanol–water partition coefficient (Wildman–Crippen LogP) is 2.89. The van der Waals surface area contributed by atoms with E-state index < -0.39 is 22.0 Å². The highest BCUT2D eigenvalue weighted by Gasteiger charge is 2.14. The number of benzene rings is 2. The number of hydrogen-bond acceptors (Lipinski definition) is 6. The summed E-state index contributed by atoms with van der Waals surface area (Å²) in [6, 6.07) is 11.5. The van der Waals surface area contributed by atoms with Gasteiger partial charge in [0.15, 0.2) is 0 Å². The number of esters is 2. The van der Waals surface area contributed by atoms with Crippen LogP contribution in [0.3, 0.4) is 0 Å². The fraction of sp³-hybridized carbons (Fsp3) is 0.333. The summed E-state index contributed by atoms with van der Waals surface area (Å²) in [5.74, 6) is -0.857. The molecule has 0 aliphatic rings. The average Bonchev–Trinajstić information content (AvgIpc) is 2.71. The molecule has 8 heteroatoms. The number of hydrogen-bond donors (Lipinski definition) is 1. The van der Waals surface area contributed by atoms with Crippen LogP contribution < -0.4 is 4.72 Å². The van der Waals surface area contributed by atoms with Crippen LogP contribution in [0.15, 0.2) is 47.4 Å². The van der Waals surface area contributed by atoms with Gasteiger partial charge in [-0.1, -0.05) is 18.2 Å². The van der Waals surface area contributed by atoms with E-state index in [-0.39, 0.29) is 24.5 Å². The van der Waals surface area contributed by atoms with E-state index in [1.165, 1.54) is 7.11 Å². The molecule has 0 aliphatic heterocycles. The summed E-state index contributed by atoms with van der Waals surface area (Å²) in [7, 11) is -2.30. The van der Waals surface area contributed by atoms with Crippen LogP contribution in [-0.4, -0.2) is 34.0 Å². The Morgan fingerprint density at radius 1 is 1.00 bits per heavy atom. The van der Waals surface area contributed by atoms with Gasteiger partial charge in [-0.3, -0.25) is 4.79 Å². The first-order chi connectivity index (χ1) is 13.7. The number of aryl methyl sites for hydroxylation is 2. The molecule has 2 aromatic rings. The summed E-state index contributed by atoms with van der Waals surface area (Å²) in [6.45, 7) is 3.98. The molecule has 1 N–H and O–H groups in total. The van der Waals surface area contributed by atoms with E-state index in [1.807, 2.05) is 13.8 Å². The molecule has 2 rings (SSSR count). The third-order valence-corrected chi connectivity index (χ3v) is 5.87. The second-order valence-corrected chi connectivity index (χ2v) is 8.36. The lowest BCUT2D eigenvalue weighted by molar-refractivity contribution is -0.145. The van der Waals surface area contributed by atoms with Crippen LogP contribution in [-0.2, 0) is 30.9 Å². The van der Waals surface area contributed by atoms with Gasteiger partial charge in [-0.25, -0.2) is 17.9 Å². The van der Waals surface area contributed by atoms with Crippen molar-refractivity contribution in [2.24, 2.45) is 0 Å². The molecule has 2 aromatic carbocycles. The molecule has 0 amide bonds. The van der Waals surface area contributed by atoms with Gasteiger partial charge in [0.05, 0.1) is 17.6 Å². The zero-order valence-corrected chi connectivity index (χ0v) is 17.5. The number of rotatable bonds is 9. The Morgan fingerprint density at radius 3 is 2.31 bits per heavy atom. The number of ether oxygens (including phenoxy) is 2. The normalized spacial score (nSPS) is 11.1. The van der Waals surface area contributed by atoms with Gasteiger partial charge in [-0.05, 0) is 61.2 Å². The molecule has 0 bridgehead atoms. The molecular weight excluding hydrogens is 394 g/mol. The lowest BCUT2D eigenvalue weighted by Crippen LogP contribution is -2.25. The van der Waals surface area contributed by atoms with Crippen LogP contribution in [0.25, 0.3) is 0 Å². The standard InChI is InChI=1S/C21H25NO6S/c1-15-6-11-19(13-16(15)2)29(25,26)22-12-4-5-20(23)28-14-17-7-9-18(10-8-17)21(24)27-3/h6-11,13,22H,4-5,12,14H2,1-3H3. The molecule has 0 aliphatic carbocycles. The fourth-order valence-corrected chi connectivity index (χ4v) is 3.65. The molecule has 29 heavy (non-hydrogen) atoms. The minimum Gasteiger partial charge on any atom is -0.465 e. The van der Waals surface area contributed by atoms with Gasteiger partial charge in [-0.2, -0.15) is 0 Å². The zero-order chi connectivity index (χ0) is 21.4. The number of nitrogens with one attached hydrogen (secondary N) is 1. The first kappa shape index (κ1) is 22.6. The Labute approximate surface area is 171 Å². The van der Waals surface area contributed by atoms with Crippen LogP contribution in [0, 0.1) is 13.8 Å². The summed E-state index contributed by atoms with van der Waals surface area (Å²) in [4.78, 5) is 23.4. The molecule has 156 valence electrons. The van der Waals surface area contributed by atoms with Crippen LogP contribution in [0.5, 0.6) is 0 Å². The lowest BCUT2D eigenvalue weighted by atomic mass is 10.1. The van der Waals surface area contributed by atoms with Gasteiger partial charge in [0.1, 0.15) is 6.61 Å². The second kappa shape index (κ2) is 10.2. The fourth-order valence-electron chi connectivity index (χ4n) is 2.49. The lowest BCUT2D eigenvalue weighted by Gasteiger charge is -2.09. The molecular formula is C21H25NO6S. The van der Waals surface area contributed by atoms with E-state index in [2.05, 4.69) is 9.46 Å². The highest BCUT2D eigenvalue weighted by atomic mass is 32.2. The van der Waals surface area contributed by atoms with Gasteiger partial charge in [0.2, 0.25) is 10.0 Å². The number of carbonyl (C=O) groups excluding carboxylic acids is 2. The summed E-state index contributed by atoms with van der Waals surface area (Å²) in [5, 5.41) is 0. The maximum atomic E-state index is 12.3. The van der Waals surface area contributed by atoms with Crippen LogP contribution in [0.2, 0.25) is 0 Å². The molecule has 0 unspecified atom stereocenters. The van der Waals surface area contributed by atoms with Gasteiger partial charge < -0.3 is 9.47 Å². The van der Waals surface area contributed by atoms with Gasteiger partial charge in [0, 0.05) is 13.0 Å². The molecule has 0 saturated heterocycles. The van der Waals surface area contributed by atoms with Crippen molar-refractivity contribution < 1.29 is 27.5 Å². The van der Waals surface area contributed by atoms with Crippen LogP contribution in [0.4, 0.5) is 0 Å². The Kier molecular flexibility index (Phi) is 7.92. The van der Waals surface area contributed by atoms with E-state index in [9.17, 15) is 18.0 Å². The summed E-state index contributed by atoms with van der Waals surface area (Å²) in [5.41, 5.74) is 3.07. The van der Waals surface area contributed by atoms with E-state index in [0.29, 0.717) is 12.0 Å². The molecule has 0 heterocycles. The molecule has 0 atom stereocenters. The van der Waals surface area contributed by atoms with E-state index >= 15 is 0 Å². The topological polar surface area (TPSA) is 98.8 Å². The SMILES string of the molecule is COC(=O)c1ccc(COC(=O)CCCNS(=O)(=O)c2ccc(C)c(C)c2)cc1.